The van der Waals surface area contributed by atoms with Crippen LogP contribution in [0.1, 0.15) is 17.0 Å². The highest BCUT2D eigenvalue weighted by molar-refractivity contribution is 5.47. The van der Waals surface area contributed by atoms with Crippen molar-refractivity contribution in [1.29, 1.82) is 0 Å². The number of rotatable bonds is 5. The molecular weight excluding hydrogens is 310 g/mol. The molecule has 5 heteroatoms. The van der Waals surface area contributed by atoms with Gasteiger partial charge in [0.05, 0.1) is 18.4 Å². The molecule has 0 bridgehead atoms. The lowest BCUT2D eigenvalue weighted by Gasteiger charge is -2.08. The van der Waals surface area contributed by atoms with E-state index in [9.17, 15) is 0 Å². The fourth-order valence-corrected chi connectivity index (χ4v) is 2.88. The van der Waals surface area contributed by atoms with Gasteiger partial charge in [-0.25, -0.2) is 9.67 Å². The standard InChI is InChI=1S/C20H19N5/c21-19-9-5-4-6-17(19)12-20-22-10-11-24(20)14-16-13-23-25(15-16)18-7-2-1-3-8-18/h1-11,13,15H,12,14,21H2. The van der Waals surface area contributed by atoms with Crippen LogP contribution >= 0.6 is 0 Å². The van der Waals surface area contributed by atoms with Crippen molar-refractivity contribution in [1.82, 2.24) is 19.3 Å². The summed E-state index contributed by atoms with van der Waals surface area (Å²) < 4.78 is 4.03. The first kappa shape index (κ1) is 15.2. The van der Waals surface area contributed by atoms with Crippen molar-refractivity contribution in [2.24, 2.45) is 0 Å². The molecule has 2 aromatic carbocycles. The summed E-state index contributed by atoms with van der Waals surface area (Å²) in [5, 5.41) is 4.46. The molecule has 4 rings (SSSR count). The summed E-state index contributed by atoms with van der Waals surface area (Å²) in [4.78, 5) is 4.49. The molecule has 124 valence electrons. The first-order chi connectivity index (χ1) is 12.3. The Morgan fingerprint density at radius 3 is 2.60 bits per heavy atom. The Bertz CT molecular complexity index is 968. The van der Waals surface area contributed by atoms with Gasteiger partial charge in [-0.15, -0.1) is 0 Å². The second kappa shape index (κ2) is 6.65. The number of nitrogen functional groups attached to an aromatic ring is 1. The zero-order chi connectivity index (χ0) is 17.1. The first-order valence-corrected chi connectivity index (χ1v) is 8.22. The summed E-state index contributed by atoms with van der Waals surface area (Å²) in [6.45, 7) is 0.731. The van der Waals surface area contributed by atoms with Crippen molar-refractivity contribution < 1.29 is 0 Å². The second-order valence-electron chi connectivity index (χ2n) is 5.98. The van der Waals surface area contributed by atoms with E-state index >= 15 is 0 Å². The number of benzene rings is 2. The molecule has 0 unspecified atom stereocenters. The summed E-state index contributed by atoms with van der Waals surface area (Å²) in [5.74, 6) is 0.991. The third kappa shape index (κ3) is 3.30. The van der Waals surface area contributed by atoms with Crippen molar-refractivity contribution in [2.75, 3.05) is 5.73 Å². The molecule has 25 heavy (non-hydrogen) atoms. The van der Waals surface area contributed by atoms with Gasteiger partial charge in [0.1, 0.15) is 5.82 Å². The fourth-order valence-electron chi connectivity index (χ4n) is 2.88. The molecule has 0 aliphatic carbocycles. The van der Waals surface area contributed by atoms with Crippen LogP contribution in [0.5, 0.6) is 0 Å². The van der Waals surface area contributed by atoms with E-state index in [-0.39, 0.29) is 0 Å². The first-order valence-electron chi connectivity index (χ1n) is 8.22. The van der Waals surface area contributed by atoms with E-state index in [4.69, 9.17) is 5.73 Å². The van der Waals surface area contributed by atoms with Crippen LogP contribution in [0.2, 0.25) is 0 Å². The maximum Gasteiger partial charge on any atom is 0.113 e. The van der Waals surface area contributed by atoms with Gasteiger partial charge in [0.25, 0.3) is 0 Å². The maximum atomic E-state index is 6.06. The normalized spacial score (nSPS) is 10.9. The van der Waals surface area contributed by atoms with Gasteiger partial charge in [-0.3, -0.25) is 0 Å². The van der Waals surface area contributed by atoms with Gasteiger partial charge >= 0.3 is 0 Å². The predicted octanol–water partition coefficient (Wildman–Crippen LogP) is 3.29. The molecule has 0 aliphatic heterocycles. The van der Waals surface area contributed by atoms with E-state index < -0.39 is 0 Å². The van der Waals surface area contributed by atoms with Crippen LogP contribution in [0.4, 0.5) is 5.69 Å². The van der Waals surface area contributed by atoms with Crippen molar-refractivity contribution in [3.05, 3.63) is 96.3 Å². The Morgan fingerprint density at radius 1 is 0.960 bits per heavy atom. The highest BCUT2D eigenvalue weighted by atomic mass is 15.3. The van der Waals surface area contributed by atoms with Gasteiger partial charge in [0.15, 0.2) is 0 Å². The average Bonchev–Trinajstić information content (AvgIpc) is 3.28. The number of hydrogen-bond donors (Lipinski definition) is 1. The van der Waals surface area contributed by atoms with Crippen molar-refractivity contribution in [3.63, 3.8) is 0 Å². The minimum absolute atomic E-state index is 0.715. The second-order valence-corrected chi connectivity index (χ2v) is 5.98. The minimum atomic E-state index is 0.715. The molecular formula is C20H19N5. The minimum Gasteiger partial charge on any atom is -0.398 e. The van der Waals surface area contributed by atoms with Gasteiger partial charge in [-0.2, -0.15) is 5.10 Å². The molecule has 2 N–H and O–H groups in total. The van der Waals surface area contributed by atoms with Crippen LogP contribution in [0, 0.1) is 0 Å². The number of hydrogen-bond acceptors (Lipinski definition) is 3. The smallest absolute Gasteiger partial charge is 0.113 e. The number of nitrogens with zero attached hydrogens (tertiary/aromatic N) is 4. The number of imidazole rings is 1. The summed E-state index contributed by atoms with van der Waals surface area (Å²) >= 11 is 0. The van der Waals surface area contributed by atoms with Crippen LogP contribution in [-0.4, -0.2) is 19.3 Å². The third-order valence-electron chi connectivity index (χ3n) is 4.22. The summed E-state index contributed by atoms with van der Waals surface area (Å²) in [5.41, 5.74) is 10.1. The van der Waals surface area contributed by atoms with Crippen LogP contribution in [0.25, 0.3) is 5.69 Å². The lowest BCUT2D eigenvalue weighted by atomic mass is 10.1. The molecule has 0 radical (unpaired) electrons. The average molecular weight is 329 g/mol. The topological polar surface area (TPSA) is 61.7 Å². The van der Waals surface area contributed by atoms with Gasteiger partial charge < -0.3 is 10.3 Å². The molecule has 0 saturated carbocycles. The van der Waals surface area contributed by atoms with Gasteiger partial charge in [-0.1, -0.05) is 36.4 Å². The van der Waals surface area contributed by atoms with Crippen LogP contribution in [0.3, 0.4) is 0 Å². The van der Waals surface area contributed by atoms with E-state index in [1.807, 2.05) is 77.9 Å². The zero-order valence-corrected chi connectivity index (χ0v) is 13.8. The molecule has 0 spiro atoms. The van der Waals surface area contributed by atoms with Crippen molar-refractivity contribution in [3.8, 4) is 5.69 Å². The Balaban J connectivity index is 1.54. The van der Waals surface area contributed by atoms with Gasteiger partial charge in [-0.05, 0) is 23.8 Å². The van der Waals surface area contributed by atoms with Gasteiger partial charge in [0, 0.05) is 36.3 Å². The monoisotopic (exact) mass is 329 g/mol. The highest BCUT2D eigenvalue weighted by Crippen LogP contribution is 2.16. The largest absolute Gasteiger partial charge is 0.398 e. The lowest BCUT2D eigenvalue weighted by Crippen LogP contribution is -2.06. The number of anilines is 1. The molecule has 0 aliphatic rings. The van der Waals surface area contributed by atoms with Gasteiger partial charge in [0.2, 0.25) is 0 Å². The van der Waals surface area contributed by atoms with E-state index in [1.165, 1.54) is 0 Å². The molecule has 2 aromatic heterocycles. The predicted molar refractivity (Wildman–Crippen MR) is 98.6 cm³/mol. The van der Waals surface area contributed by atoms with Crippen molar-refractivity contribution >= 4 is 5.69 Å². The summed E-state index contributed by atoms with van der Waals surface area (Å²) in [6.07, 6.45) is 8.49. The van der Waals surface area contributed by atoms with Crippen LogP contribution in [-0.2, 0) is 13.0 Å². The summed E-state index contributed by atoms with van der Waals surface area (Å²) in [6, 6.07) is 18.0. The Kier molecular flexibility index (Phi) is 4.04. The van der Waals surface area contributed by atoms with Crippen LogP contribution in [0.15, 0.2) is 79.4 Å². The Morgan fingerprint density at radius 2 is 1.76 bits per heavy atom. The maximum absolute atomic E-state index is 6.06. The molecule has 0 fully saturated rings. The SMILES string of the molecule is Nc1ccccc1Cc1nccn1Cc1cnn(-c2ccccc2)c1. The van der Waals surface area contributed by atoms with E-state index in [1.54, 1.807) is 0 Å². The zero-order valence-electron chi connectivity index (χ0n) is 13.8. The lowest BCUT2D eigenvalue weighted by molar-refractivity contribution is 0.740. The Labute approximate surface area is 146 Å². The van der Waals surface area contributed by atoms with E-state index in [2.05, 4.69) is 20.8 Å². The van der Waals surface area contributed by atoms with E-state index in [0.717, 1.165) is 34.9 Å². The highest BCUT2D eigenvalue weighted by Gasteiger charge is 2.08. The van der Waals surface area contributed by atoms with Crippen LogP contribution < -0.4 is 5.73 Å². The molecule has 4 aromatic rings. The number of aromatic nitrogens is 4. The molecule has 2 heterocycles. The molecule has 0 amide bonds. The molecule has 0 atom stereocenters. The fraction of sp³-hybridized carbons (Fsp3) is 0.100. The third-order valence-corrected chi connectivity index (χ3v) is 4.22. The Hall–Kier alpha value is -3.34. The molecule has 0 saturated heterocycles. The number of para-hydroxylation sites is 2. The quantitative estimate of drug-likeness (QED) is 0.572. The van der Waals surface area contributed by atoms with E-state index in [0.29, 0.717) is 6.42 Å². The summed E-state index contributed by atoms with van der Waals surface area (Å²) in [7, 11) is 0. The van der Waals surface area contributed by atoms with Crippen molar-refractivity contribution in [2.45, 2.75) is 13.0 Å². The molecule has 5 nitrogen and oxygen atoms in total. The number of nitrogens with two attached hydrogens (primary N) is 1.